The van der Waals surface area contributed by atoms with Gasteiger partial charge in [0, 0.05) is 30.4 Å². The van der Waals surface area contributed by atoms with Crippen LogP contribution in [0.25, 0.3) is 10.2 Å². The van der Waals surface area contributed by atoms with Gasteiger partial charge in [0.25, 0.3) is 0 Å². The third kappa shape index (κ3) is 3.49. The third-order valence-electron chi connectivity index (χ3n) is 4.91. The highest BCUT2D eigenvalue weighted by molar-refractivity contribution is 7.18. The smallest absolute Gasteiger partial charge is 0.235 e. The minimum absolute atomic E-state index is 0.540. The SMILES string of the molecule is CCc1cc2c(N3CCC(COc4nccnc4C)CC3)ncnc2s1. The van der Waals surface area contributed by atoms with Crippen LogP contribution in [0.15, 0.2) is 24.8 Å². The highest BCUT2D eigenvalue weighted by Gasteiger charge is 2.23. The van der Waals surface area contributed by atoms with E-state index in [1.165, 1.54) is 10.3 Å². The minimum atomic E-state index is 0.540. The second kappa shape index (κ2) is 7.53. The van der Waals surface area contributed by atoms with E-state index < -0.39 is 0 Å². The maximum absolute atomic E-state index is 5.89. The number of thiophene rings is 1. The van der Waals surface area contributed by atoms with Crippen LogP contribution in [-0.4, -0.2) is 39.6 Å². The molecule has 0 aliphatic carbocycles. The Labute approximate surface area is 157 Å². The molecule has 136 valence electrons. The quantitative estimate of drug-likeness (QED) is 0.684. The van der Waals surface area contributed by atoms with E-state index in [0.29, 0.717) is 18.4 Å². The fraction of sp³-hybridized carbons (Fsp3) is 0.474. The largest absolute Gasteiger partial charge is 0.476 e. The van der Waals surface area contributed by atoms with Gasteiger partial charge in [-0.3, -0.25) is 4.98 Å². The predicted octanol–water partition coefficient (Wildman–Crippen LogP) is 3.65. The van der Waals surface area contributed by atoms with Gasteiger partial charge in [-0.25, -0.2) is 15.0 Å². The van der Waals surface area contributed by atoms with Crippen molar-refractivity contribution < 1.29 is 4.74 Å². The normalized spacial score (nSPS) is 15.5. The average molecular weight is 369 g/mol. The lowest BCUT2D eigenvalue weighted by Crippen LogP contribution is -2.36. The fourth-order valence-corrected chi connectivity index (χ4v) is 4.29. The number of piperidine rings is 1. The molecule has 0 spiro atoms. The zero-order valence-electron chi connectivity index (χ0n) is 15.2. The molecule has 4 rings (SSSR count). The van der Waals surface area contributed by atoms with Crippen LogP contribution in [0.3, 0.4) is 0 Å². The monoisotopic (exact) mass is 369 g/mol. The number of anilines is 1. The van der Waals surface area contributed by atoms with Crippen LogP contribution in [0.4, 0.5) is 5.82 Å². The van der Waals surface area contributed by atoms with Crippen LogP contribution in [0, 0.1) is 12.8 Å². The molecule has 0 aromatic carbocycles. The second-order valence-corrected chi connectivity index (χ2v) is 7.79. The number of hydrogen-bond donors (Lipinski definition) is 0. The summed E-state index contributed by atoms with van der Waals surface area (Å²) in [7, 11) is 0. The molecule has 7 heteroatoms. The molecule has 3 aromatic rings. The number of aryl methyl sites for hydroxylation is 2. The summed E-state index contributed by atoms with van der Waals surface area (Å²) in [4.78, 5) is 22.3. The molecule has 1 aliphatic heterocycles. The van der Waals surface area contributed by atoms with Crippen molar-refractivity contribution in [2.45, 2.75) is 33.1 Å². The van der Waals surface area contributed by atoms with Crippen molar-refractivity contribution in [3.05, 3.63) is 35.4 Å². The Kier molecular flexibility index (Phi) is 4.97. The maximum atomic E-state index is 5.89. The van der Waals surface area contributed by atoms with Crippen LogP contribution in [0.5, 0.6) is 5.88 Å². The summed E-state index contributed by atoms with van der Waals surface area (Å²) >= 11 is 1.77. The first kappa shape index (κ1) is 17.1. The predicted molar refractivity (Wildman–Crippen MR) is 104 cm³/mol. The van der Waals surface area contributed by atoms with Crippen molar-refractivity contribution in [2.24, 2.45) is 5.92 Å². The van der Waals surface area contributed by atoms with Gasteiger partial charge in [-0.2, -0.15) is 0 Å². The van der Waals surface area contributed by atoms with Gasteiger partial charge < -0.3 is 9.64 Å². The summed E-state index contributed by atoms with van der Waals surface area (Å²) in [6, 6.07) is 2.25. The van der Waals surface area contributed by atoms with E-state index in [2.05, 4.69) is 37.8 Å². The van der Waals surface area contributed by atoms with Crippen molar-refractivity contribution >= 4 is 27.4 Å². The Bertz CT molecular complexity index is 889. The summed E-state index contributed by atoms with van der Waals surface area (Å²) in [6.07, 6.45) is 8.29. The molecular formula is C19H23N5OS. The Morgan fingerprint density at radius 3 is 2.73 bits per heavy atom. The molecule has 1 aliphatic rings. The zero-order valence-corrected chi connectivity index (χ0v) is 16.0. The summed E-state index contributed by atoms with van der Waals surface area (Å²) in [6.45, 7) is 6.80. The Morgan fingerprint density at radius 1 is 1.15 bits per heavy atom. The van der Waals surface area contributed by atoms with Crippen LogP contribution < -0.4 is 9.64 Å². The zero-order chi connectivity index (χ0) is 17.9. The van der Waals surface area contributed by atoms with Crippen molar-refractivity contribution in [2.75, 3.05) is 24.6 Å². The van der Waals surface area contributed by atoms with Crippen LogP contribution >= 0.6 is 11.3 Å². The summed E-state index contributed by atoms with van der Waals surface area (Å²) in [5.41, 5.74) is 0.845. The number of aromatic nitrogens is 4. The highest BCUT2D eigenvalue weighted by atomic mass is 32.1. The maximum Gasteiger partial charge on any atom is 0.235 e. The van der Waals surface area contributed by atoms with Gasteiger partial charge in [-0.15, -0.1) is 11.3 Å². The molecule has 0 amide bonds. The van der Waals surface area contributed by atoms with E-state index >= 15 is 0 Å². The van der Waals surface area contributed by atoms with Gasteiger partial charge in [0.2, 0.25) is 5.88 Å². The van der Waals surface area contributed by atoms with Gasteiger partial charge in [0.05, 0.1) is 17.7 Å². The number of nitrogens with zero attached hydrogens (tertiary/aromatic N) is 5. The number of hydrogen-bond acceptors (Lipinski definition) is 7. The second-order valence-electron chi connectivity index (χ2n) is 6.67. The standard InChI is InChI=1S/C19H23N5OS/c1-3-15-10-16-17(22-12-23-19(16)26-15)24-8-4-14(5-9-24)11-25-18-13(2)20-6-7-21-18/h6-7,10,12,14H,3-5,8-9,11H2,1-2H3. The molecule has 0 atom stereocenters. The molecule has 1 fully saturated rings. The van der Waals surface area contributed by atoms with Gasteiger partial charge in [0.15, 0.2) is 0 Å². The molecule has 4 heterocycles. The van der Waals surface area contributed by atoms with E-state index in [-0.39, 0.29) is 0 Å². The molecule has 26 heavy (non-hydrogen) atoms. The first-order chi connectivity index (χ1) is 12.7. The molecule has 0 saturated carbocycles. The van der Waals surface area contributed by atoms with Gasteiger partial charge in [0.1, 0.15) is 17.0 Å². The Balaban J connectivity index is 1.39. The van der Waals surface area contributed by atoms with Crippen LogP contribution in [0.1, 0.15) is 30.3 Å². The number of ether oxygens (including phenoxy) is 1. The lowest BCUT2D eigenvalue weighted by atomic mass is 9.97. The summed E-state index contributed by atoms with van der Waals surface area (Å²) < 4.78 is 5.89. The molecule has 6 nitrogen and oxygen atoms in total. The van der Waals surface area contributed by atoms with E-state index in [1.54, 1.807) is 30.1 Å². The van der Waals surface area contributed by atoms with Gasteiger partial charge in [-0.05, 0) is 38.2 Å². The van der Waals surface area contributed by atoms with Crippen molar-refractivity contribution in [3.8, 4) is 5.88 Å². The number of fused-ring (bicyclic) bond motifs is 1. The number of rotatable bonds is 5. The summed E-state index contributed by atoms with van der Waals surface area (Å²) in [5, 5.41) is 1.19. The molecule has 0 radical (unpaired) electrons. The van der Waals surface area contributed by atoms with Crippen molar-refractivity contribution in [1.29, 1.82) is 0 Å². The van der Waals surface area contributed by atoms with E-state index in [0.717, 1.165) is 48.7 Å². The van der Waals surface area contributed by atoms with Crippen molar-refractivity contribution in [1.82, 2.24) is 19.9 Å². The molecule has 1 saturated heterocycles. The molecule has 3 aromatic heterocycles. The van der Waals surface area contributed by atoms with E-state index in [1.807, 2.05) is 6.92 Å². The minimum Gasteiger partial charge on any atom is -0.476 e. The molecule has 0 bridgehead atoms. The average Bonchev–Trinajstić information content (AvgIpc) is 3.11. The topological polar surface area (TPSA) is 64.0 Å². The Morgan fingerprint density at radius 2 is 1.96 bits per heavy atom. The lowest BCUT2D eigenvalue weighted by molar-refractivity contribution is 0.214. The molecular weight excluding hydrogens is 346 g/mol. The van der Waals surface area contributed by atoms with Crippen LogP contribution in [-0.2, 0) is 6.42 Å². The molecule has 0 unspecified atom stereocenters. The third-order valence-corrected chi connectivity index (χ3v) is 6.10. The lowest BCUT2D eigenvalue weighted by Gasteiger charge is -2.32. The van der Waals surface area contributed by atoms with Crippen molar-refractivity contribution in [3.63, 3.8) is 0 Å². The van der Waals surface area contributed by atoms with E-state index in [9.17, 15) is 0 Å². The first-order valence-electron chi connectivity index (χ1n) is 9.13. The Hall–Kier alpha value is -2.28. The molecule has 0 N–H and O–H groups in total. The van der Waals surface area contributed by atoms with Gasteiger partial charge >= 0.3 is 0 Å². The first-order valence-corrected chi connectivity index (χ1v) is 9.95. The fourth-order valence-electron chi connectivity index (χ4n) is 3.36. The van der Waals surface area contributed by atoms with E-state index in [4.69, 9.17) is 4.74 Å². The van der Waals surface area contributed by atoms with Crippen LogP contribution in [0.2, 0.25) is 0 Å². The summed E-state index contributed by atoms with van der Waals surface area (Å²) in [5.74, 6) is 2.27. The highest BCUT2D eigenvalue weighted by Crippen LogP contribution is 2.32. The van der Waals surface area contributed by atoms with Gasteiger partial charge in [-0.1, -0.05) is 6.92 Å².